The van der Waals surface area contributed by atoms with Crippen molar-refractivity contribution in [2.75, 3.05) is 32.8 Å². The van der Waals surface area contributed by atoms with Crippen LogP contribution in [0.3, 0.4) is 0 Å². The lowest BCUT2D eigenvalue weighted by atomic mass is 10.2. The van der Waals surface area contributed by atoms with Crippen LogP contribution in [0.4, 0.5) is 0 Å². The molecule has 218 valence electrons. The molecule has 15 nitrogen and oxygen atoms in total. The van der Waals surface area contributed by atoms with Gasteiger partial charge in [-0.05, 0) is 43.4 Å². The molecule has 4 aromatic rings. The molecule has 1 fully saturated rings. The van der Waals surface area contributed by atoms with Gasteiger partial charge in [0.15, 0.2) is 11.3 Å². The van der Waals surface area contributed by atoms with Gasteiger partial charge in [0, 0.05) is 39.5 Å². The molecule has 41 heavy (non-hydrogen) atoms. The zero-order chi connectivity index (χ0) is 29.5. The van der Waals surface area contributed by atoms with E-state index in [1.807, 2.05) is 6.92 Å². The van der Waals surface area contributed by atoms with Crippen LogP contribution in [0.25, 0.3) is 16.9 Å². The summed E-state index contributed by atoms with van der Waals surface area (Å²) >= 11 is 0. The van der Waals surface area contributed by atoms with Crippen LogP contribution in [-0.4, -0.2) is 81.1 Å². The van der Waals surface area contributed by atoms with Crippen LogP contribution < -0.4 is 15.2 Å². The fourth-order valence-corrected chi connectivity index (χ4v) is 6.24. The average Bonchev–Trinajstić information content (AvgIpc) is 3.46. The van der Waals surface area contributed by atoms with E-state index in [0.29, 0.717) is 41.4 Å². The number of H-pyrrole nitrogens is 1. The number of fused-ring (bicyclic) bond motifs is 1. The molecule has 0 atom stereocenters. The smallest absolute Gasteiger partial charge is 0.308 e. The molecule has 1 amide bonds. The van der Waals surface area contributed by atoms with E-state index < -0.39 is 21.5 Å². The SMILES string of the molecule is CCCc1nc(C)c2c(=O)[nH]c(-c3cc(S(=O)(=O)N4CCN(C(=O)c5no[n+]([O-])c5C)CC4)ccc3OCC)nn12. The molecule has 0 unspecified atom stereocenters. The molecule has 1 aliphatic heterocycles. The second-order valence-corrected chi connectivity index (χ2v) is 11.5. The number of nitrogens with zero attached hydrogens (tertiary/aromatic N) is 7. The van der Waals surface area contributed by atoms with E-state index in [1.165, 1.54) is 38.8 Å². The molecule has 16 heteroatoms. The van der Waals surface area contributed by atoms with E-state index in [-0.39, 0.29) is 53.2 Å². The number of piperazine rings is 1. The molecule has 0 saturated carbocycles. The van der Waals surface area contributed by atoms with Crippen molar-refractivity contribution in [3.8, 4) is 17.1 Å². The van der Waals surface area contributed by atoms with Gasteiger partial charge < -0.3 is 19.8 Å². The van der Waals surface area contributed by atoms with Gasteiger partial charge in [-0.25, -0.2) is 17.9 Å². The molecule has 1 N–H and O–H groups in total. The summed E-state index contributed by atoms with van der Waals surface area (Å²) in [4.78, 5) is 34.6. The molecular weight excluding hydrogens is 556 g/mol. The van der Waals surface area contributed by atoms with Crippen molar-refractivity contribution >= 4 is 21.4 Å². The molecular formula is C25H30N8O7S. The van der Waals surface area contributed by atoms with E-state index in [0.717, 1.165) is 6.42 Å². The predicted molar refractivity (Wildman–Crippen MR) is 144 cm³/mol. The molecule has 1 aromatic carbocycles. The monoisotopic (exact) mass is 586 g/mol. The number of rotatable bonds is 8. The molecule has 1 saturated heterocycles. The first kappa shape index (κ1) is 28.2. The number of sulfonamides is 1. The topological polar surface area (TPSA) is 183 Å². The summed E-state index contributed by atoms with van der Waals surface area (Å²) in [6.45, 7) is 7.51. The normalized spacial score (nSPS) is 14.6. The van der Waals surface area contributed by atoms with Crippen LogP contribution in [0.2, 0.25) is 0 Å². The maximum atomic E-state index is 13.7. The molecule has 0 aliphatic carbocycles. The van der Waals surface area contributed by atoms with Crippen molar-refractivity contribution in [3.63, 3.8) is 0 Å². The van der Waals surface area contributed by atoms with Gasteiger partial charge in [0.05, 0.1) is 27.9 Å². The second kappa shape index (κ2) is 10.9. The number of imidazole rings is 1. The van der Waals surface area contributed by atoms with Gasteiger partial charge in [0.25, 0.3) is 5.56 Å². The fraction of sp³-hybridized carbons (Fsp3) is 0.440. The Labute approximate surface area is 234 Å². The van der Waals surface area contributed by atoms with Gasteiger partial charge in [-0.15, -0.1) is 5.10 Å². The highest BCUT2D eigenvalue weighted by Gasteiger charge is 2.34. The largest absolute Gasteiger partial charge is 0.493 e. The van der Waals surface area contributed by atoms with Crippen LogP contribution >= 0.6 is 0 Å². The van der Waals surface area contributed by atoms with Crippen molar-refractivity contribution in [2.24, 2.45) is 0 Å². The van der Waals surface area contributed by atoms with Crippen LogP contribution in [-0.2, 0) is 16.4 Å². The minimum atomic E-state index is -3.99. The summed E-state index contributed by atoms with van der Waals surface area (Å²) in [5.74, 6) is 0.625. The number of carbonyl (C=O) groups is 1. The Bertz CT molecular complexity index is 1790. The molecule has 1 aliphatic rings. The van der Waals surface area contributed by atoms with Gasteiger partial charge >= 0.3 is 11.6 Å². The Hall–Kier alpha value is -4.31. The average molecular weight is 587 g/mol. The second-order valence-electron chi connectivity index (χ2n) is 9.58. The Morgan fingerprint density at radius 2 is 1.93 bits per heavy atom. The van der Waals surface area contributed by atoms with Crippen LogP contribution in [0.15, 0.2) is 32.5 Å². The minimum absolute atomic E-state index is 0.0196. The summed E-state index contributed by atoms with van der Waals surface area (Å²) in [7, 11) is -3.99. The van der Waals surface area contributed by atoms with Crippen LogP contribution in [0.5, 0.6) is 5.75 Å². The number of ether oxygens (including phenoxy) is 1. The van der Waals surface area contributed by atoms with Crippen molar-refractivity contribution in [3.05, 3.63) is 56.7 Å². The quantitative estimate of drug-likeness (QED) is 0.290. The zero-order valence-corrected chi connectivity index (χ0v) is 23.9. The zero-order valence-electron chi connectivity index (χ0n) is 23.1. The molecule has 0 spiro atoms. The van der Waals surface area contributed by atoms with E-state index >= 15 is 0 Å². The number of aryl methyl sites for hydroxylation is 2. The maximum Gasteiger partial charge on any atom is 0.308 e. The van der Waals surface area contributed by atoms with Gasteiger partial charge in [0.2, 0.25) is 15.7 Å². The third kappa shape index (κ3) is 5.04. The van der Waals surface area contributed by atoms with Crippen molar-refractivity contribution < 1.29 is 27.5 Å². The first-order valence-corrected chi connectivity index (χ1v) is 14.6. The highest BCUT2D eigenvalue weighted by molar-refractivity contribution is 7.89. The highest BCUT2D eigenvalue weighted by atomic mass is 32.2. The Morgan fingerprint density at radius 1 is 1.20 bits per heavy atom. The van der Waals surface area contributed by atoms with Crippen molar-refractivity contribution in [2.45, 2.75) is 45.4 Å². The fourth-order valence-electron chi connectivity index (χ4n) is 4.79. The predicted octanol–water partition coefficient (Wildman–Crippen LogP) is 0.821. The Morgan fingerprint density at radius 3 is 2.56 bits per heavy atom. The Balaban J connectivity index is 1.46. The van der Waals surface area contributed by atoms with E-state index in [1.54, 1.807) is 13.8 Å². The van der Waals surface area contributed by atoms with Crippen LogP contribution in [0.1, 0.15) is 48.0 Å². The third-order valence-electron chi connectivity index (χ3n) is 6.91. The molecule has 5 rings (SSSR count). The number of hydrogen-bond acceptors (Lipinski definition) is 10. The highest BCUT2D eigenvalue weighted by Crippen LogP contribution is 2.32. The van der Waals surface area contributed by atoms with E-state index in [4.69, 9.17) is 4.74 Å². The number of nitrogens with one attached hydrogen (secondary N) is 1. The minimum Gasteiger partial charge on any atom is -0.493 e. The summed E-state index contributed by atoms with van der Waals surface area (Å²) in [6.07, 6.45) is 1.41. The molecule has 0 bridgehead atoms. The molecule has 0 radical (unpaired) electrons. The summed E-state index contributed by atoms with van der Waals surface area (Å²) in [5.41, 5.74) is 0.715. The lowest BCUT2D eigenvalue weighted by Gasteiger charge is -2.33. The first-order chi connectivity index (χ1) is 19.6. The summed E-state index contributed by atoms with van der Waals surface area (Å²) < 4.78 is 40.4. The van der Waals surface area contributed by atoms with Gasteiger partial charge in [-0.3, -0.25) is 14.2 Å². The first-order valence-electron chi connectivity index (χ1n) is 13.2. The number of benzene rings is 1. The van der Waals surface area contributed by atoms with Gasteiger partial charge in [-0.1, -0.05) is 6.92 Å². The number of hydrogen-bond donors (Lipinski definition) is 1. The van der Waals surface area contributed by atoms with Gasteiger partial charge in [0.1, 0.15) is 11.6 Å². The number of amides is 1. The number of aromatic nitrogens is 6. The third-order valence-corrected chi connectivity index (χ3v) is 8.81. The van der Waals surface area contributed by atoms with E-state index in [2.05, 4.69) is 24.9 Å². The van der Waals surface area contributed by atoms with Crippen molar-refractivity contribution in [1.29, 1.82) is 0 Å². The van der Waals surface area contributed by atoms with Crippen LogP contribution in [0, 0.1) is 19.1 Å². The lowest BCUT2D eigenvalue weighted by molar-refractivity contribution is -0.806. The number of carbonyl (C=O) groups excluding carboxylic acids is 1. The molecule has 4 heterocycles. The molecule has 3 aromatic heterocycles. The standard InChI is InChI=1S/C25H30N8O7S/c1-5-7-20-26-15(3)22-24(34)27-23(28-32(20)22)18-14-17(8-9-19(18)39-6-2)41(37,38)31-12-10-30(11-13-31)25(35)21-16(4)33(36)40-29-21/h8-9,14H,5-7,10-13H2,1-4H3,(H,27,28,34). The Kier molecular flexibility index (Phi) is 7.52. The van der Waals surface area contributed by atoms with Gasteiger partial charge in [-0.2, -0.15) is 4.31 Å². The van der Waals surface area contributed by atoms with Crippen molar-refractivity contribution in [1.82, 2.24) is 33.9 Å². The number of aromatic amines is 1. The summed E-state index contributed by atoms with van der Waals surface area (Å²) in [6, 6.07) is 4.40. The maximum absolute atomic E-state index is 13.7. The lowest BCUT2D eigenvalue weighted by Crippen LogP contribution is -2.50. The summed E-state index contributed by atoms with van der Waals surface area (Å²) in [5, 5.41) is 19.6. The van der Waals surface area contributed by atoms with E-state index in [9.17, 15) is 23.2 Å².